The summed E-state index contributed by atoms with van der Waals surface area (Å²) in [7, 11) is 0. The van der Waals surface area contributed by atoms with Gasteiger partial charge in [0.15, 0.2) is 5.82 Å². The highest BCUT2D eigenvalue weighted by atomic mass is 16.1. The minimum atomic E-state index is -0.181. The molecule has 1 N–H and O–H groups in total. The molecule has 24 heavy (non-hydrogen) atoms. The largest absolute Gasteiger partial charge is 0.323 e. The van der Waals surface area contributed by atoms with E-state index in [0.717, 1.165) is 17.5 Å². The highest BCUT2D eigenvalue weighted by Crippen LogP contribution is 2.21. The third kappa shape index (κ3) is 3.66. The number of carbonyl (C=O) groups excluding carboxylic acids is 1. The van der Waals surface area contributed by atoms with Crippen molar-refractivity contribution in [3.8, 4) is 11.4 Å². The monoisotopic (exact) mass is 317 g/mol. The van der Waals surface area contributed by atoms with E-state index in [4.69, 9.17) is 0 Å². The first-order valence-electron chi connectivity index (χ1n) is 8.01. The fourth-order valence-electron chi connectivity index (χ4n) is 2.62. The highest BCUT2D eigenvalue weighted by molar-refractivity contribution is 5.95. The van der Waals surface area contributed by atoms with Crippen LogP contribution in [0.15, 0.2) is 73.1 Å². The zero-order valence-electron chi connectivity index (χ0n) is 13.5. The molecule has 0 unspecified atom stereocenters. The van der Waals surface area contributed by atoms with E-state index < -0.39 is 0 Å². The summed E-state index contributed by atoms with van der Waals surface area (Å²) in [5.74, 6) is 0.420. The van der Waals surface area contributed by atoms with Crippen LogP contribution in [-0.4, -0.2) is 15.9 Å². The third-order valence-electron chi connectivity index (χ3n) is 3.88. The Morgan fingerprint density at radius 2 is 1.54 bits per heavy atom. The predicted octanol–water partition coefficient (Wildman–Crippen LogP) is 4.28. The minimum absolute atomic E-state index is 0.0419. The van der Waals surface area contributed by atoms with Gasteiger partial charge in [0, 0.05) is 5.56 Å². The van der Waals surface area contributed by atoms with E-state index in [1.807, 2.05) is 67.6 Å². The quantitative estimate of drug-likeness (QED) is 0.764. The lowest BCUT2D eigenvalue weighted by Crippen LogP contribution is -2.20. The Balaban J connectivity index is 1.72. The molecule has 120 valence electrons. The Morgan fingerprint density at radius 3 is 2.12 bits per heavy atom. The van der Waals surface area contributed by atoms with Crippen LogP contribution < -0.4 is 5.32 Å². The fourth-order valence-corrected chi connectivity index (χ4v) is 2.62. The lowest BCUT2D eigenvalue weighted by molar-refractivity contribution is -0.117. The SMILES string of the molecule is CC[C@H](C(=O)Nc1cnc(-c2ccccc2)nc1)c1ccccc1. The molecule has 1 aromatic heterocycles. The predicted molar refractivity (Wildman–Crippen MR) is 95.6 cm³/mol. The topological polar surface area (TPSA) is 54.9 Å². The number of hydrogen-bond donors (Lipinski definition) is 1. The molecule has 0 bridgehead atoms. The molecule has 4 heteroatoms. The van der Waals surface area contributed by atoms with Crippen LogP contribution in [0.5, 0.6) is 0 Å². The Morgan fingerprint density at radius 1 is 0.958 bits per heavy atom. The maximum Gasteiger partial charge on any atom is 0.231 e. The van der Waals surface area contributed by atoms with Gasteiger partial charge in [0.2, 0.25) is 5.91 Å². The van der Waals surface area contributed by atoms with Gasteiger partial charge in [0.05, 0.1) is 24.0 Å². The molecule has 0 aliphatic rings. The van der Waals surface area contributed by atoms with Crippen molar-refractivity contribution in [2.24, 2.45) is 0 Å². The molecular weight excluding hydrogens is 298 g/mol. The van der Waals surface area contributed by atoms with Gasteiger partial charge in [-0.3, -0.25) is 4.79 Å². The van der Waals surface area contributed by atoms with Gasteiger partial charge in [-0.15, -0.1) is 0 Å². The molecule has 1 atom stereocenters. The second-order valence-electron chi connectivity index (χ2n) is 5.52. The number of nitrogens with zero attached hydrogens (tertiary/aromatic N) is 2. The van der Waals surface area contributed by atoms with E-state index >= 15 is 0 Å². The first kappa shape index (κ1) is 15.9. The van der Waals surface area contributed by atoms with E-state index in [1.54, 1.807) is 12.4 Å². The first-order chi connectivity index (χ1) is 11.8. The number of nitrogens with one attached hydrogen (secondary N) is 1. The van der Waals surface area contributed by atoms with Crippen LogP contribution in [0.4, 0.5) is 5.69 Å². The average molecular weight is 317 g/mol. The van der Waals surface area contributed by atoms with Crippen LogP contribution in [0.25, 0.3) is 11.4 Å². The molecule has 0 aliphatic carbocycles. The van der Waals surface area contributed by atoms with Gasteiger partial charge in [-0.25, -0.2) is 9.97 Å². The first-order valence-corrected chi connectivity index (χ1v) is 8.01. The van der Waals surface area contributed by atoms with Gasteiger partial charge in [-0.05, 0) is 12.0 Å². The van der Waals surface area contributed by atoms with Crippen molar-refractivity contribution in [1.82, 2.24) is 9.97 Å². The Kier molecular flexibility index (Phi) is 4.96. The van der Waals surface area contributed by atoms with Crippen molar-refractivity contribution < 1.29 is 4.79 Å². The van der Waals surface area contributed by atoms with Gasteiger partial charge in [0.25, 0.3) is 0 Å². The molecule has 3 aromatic rings. The molecule has 0 aliphatic heterocycles. The summed E-state index contributed by atoms with van der Waals surface area (Å²) in [6.07, 6.45) is 4.02. The summed E-state index contributed by atoms with van der Waals surface area (Å²) in [5.41, 5.74) is 2.57. The molecule has 2 aromatic carbocycles. The maximum absolute atomic E-state index is 12.5. The van der Waals surface area contributed by atoms with Crippen molar-refractivity contribution in [2.75, 3.05) is 5.32 Å². The summed E-state index contributed by atoms with van der Waals surface area (Å²) in [5, 5.41) is 2.91. The fraction of sp³-hybridized carbons (Fsp3) is 0.150. The Bertz CT molecular complexity index is 786. The number of anilines is 1. The van der Waals surface area contributed by atoms with Crippen LogP contribution >= 0.6 is 0 Å². The van der Waals surface area contributed by atoms with Crippen molar-refractivity contribution >= 4 is 11.6 Å². The van der Waals surface area contributed by atoms with Crippen LogP contribution in [0.2, 0.25) is 0 Å². The zero-order valence-corrected chi connectivity index (χ0v) is 13.5. The van der Waals surface area contributed by atoms with Gasteiger partial charge >= 0.3 is 0 Å². The van der Waals surface area contributed by atoms with Crippen molar-refractivity contribution in [3.63, 3.8) is 0 Å². The summed E-state index contributed by atoms with van der Waals surface area (Å²) in [6.45, 7) is 2.01. The van der Waals surface area contributed by atoms with Gasteiger partial charge in [-0.2, -0.15) is 0 Å². The maximum atomic E-state index is 12.5. The van der Waals surface area contributed by atoms with Crippen LogP contribution in [0, 0.1) is 0 Å². The van der Waals surface area contributed by atoms with Gasteiger partial charge in [-0.1, -0.05) is 67.6 Å². The van der Waals surface area contributed by atoms with E-state index in [-0.39, 0.29) is 11.8 Å². The van der Waals surface area contributed by atoms with E-state index in [2.05, 4.69) is 15.3 Å². The normalized spacial score (nSPS) is 11.7. The molecule has 3 rings (SSSR count). The molecule has 0 radical (unpaired) electrons. The van der Waals surface area contributed by atoms with E-state index in [1.165, 1.54) is 0 Å². The van der Waals surface area contributed by atoms with Gasteiger partial charge < -0.3 is 5.32 Å². The van der Waals surface area contributed by atoms with Crippen LogP contribution in [0.1, 0.15) is 24.8 Å². The number of amides is 1. The van der Waals surface area contributed by atoms with E-state index in [9.17, 15) is 4.79 Å². The zero-order chi connectivity index (χ0) is 16.8. The standard InChI is InChI=1S/C20H19N3O/c1-2-18(15-9-5-3-6-10-15)20(24)23-17-13-21-19(22-14-17)16-11-7-4-8-12-16/h3-14,18H,2H2,1H3,(H,23,24)/t18-/m0/s1. The lowest BCUT2D eigenvalue weighted by Gasteiger charge is -2.15. The molecule has 0 fully saturated rings. The second kappa shape index (κ2) is 7.51. The number of carbonyl (C=O) groups is 1. The third-order valence-corrected chi connectivity index (χ3v) is 3.88. The molecule has 4 nitrogen and oxygen atoms in total. The number of benzene rings is 2. The number of rotatable bonds is 5. The smallest absolute Gasteiger partial charge is 0.231 e. The highest BCUT2D eigenvalue weighted by Gasteiger charge is 2.18. The van der Waals surface area contributed by atoms with Crippen molar-refractivity contribution in [2.45, 2.75) is 19.3 Å². The van der Waals surface area contributed by atoms with Crippen molar-refractivity contribution in [1.29, 1.82) is 0 Å². The number of aromatic nitrogens is 2. The van der Waals surface area contributed by atoms with Crippen LogP contribution in [-0.2, 0) is 4.79 Å². The molecule has 0 spiro atoms. The molecule has 1 amide bonds. The average Bonchev–Trinajstić information content (AvgIpc) is 2.64. The Labute approximate surface area is 141 Å². The minimum Gasteiger partial charge on any atom is -0.323 e. The number of hydrogen-bond acceptors (Lipinski definition) is 3. The summed E-state index contributed by atoms with van der Waals surface area (Å²) < 4.78 is 0. The molecular formula is C20H19N3O. The lowest BCUT2D eigenvalue weighted by atomic mass is 9.95. The molecule has 1 heterocycles. The summed E-state index contributed by atoms with van der Waals surface area (Å²) in [6, 6.07) is 19.5. The van der Waals surface area contributed by atoms with Gasteiger partial charge in [0.1, 0.15) is 0 Å². The molecule has 0 saturated heterocycles. The Hall–Kier alpha value is -3.01. The summed E-state index contributed by atoms with van der Waals surface area (Å²) >= 11 is 0. The molecule has 0 saturated carbocycles. The van der Waals surface area contributed by atoms with Crippen molar-refractivity contribution in [3.05, 3.63) is 78.6 Å². The van der Waals surface area contributed by atoms with Crippen LogP contribution in [0.3, 0.4) is 0 Å². The van der Waals surface area contributed by atoms with E-state index in [0.29, 0.717) is 11.5 Å². The second-order valence-corrected chi connectivity index (χ2v) is 5.52. The summed E-state index contributed by atoms with van der Waals surface area (Å²) in [4.78, 5) is 21.2.